The molecule has 1 spiro atoms. The lowest BCUT2D eigenvalue weighted by molar-refractivity contribution is -0.128. The number of hydrogen-bond acceptors (Lipinski definition) is 4. The molecule has 198 valence electrons. The normalized spacial score (nSPS) is 20.8. The Bertz CT molecular complexity index is 1170. The summed E-state index contributed by atoms with van der Waals surface area (Å²) in [7, 11) is 0. The van der Waals surface area contributed by atoms with E-state index in [4.69, 9.17) is 23.2 Å². The van der Waals surface area contributed by atoms with Crippen molar-refractivity contribution in [2.24, 2.45) is 5.92 Å². The van der Waals surface area contributed by atoms with Gasteiger partial charge in [-0.05, 0) is 80.6 Å². The van der Waals surface area contributed by atoms with Crippen LogP contribution in [-0.2, 0) is 10.2 Å². The second-order valence-electron chi connectivity index (χ2n) is 10.5. The van der Waals surface area contributed by atoms with Crippen molar-refractivity contribution in [3.8, 4) is 0 Å². The second-order valence-corrected chi connectivity index (χ2v) is 11.4. The molecule has 9 heteroatoms. The van der Waals surface area contributed by atoms with Crippen LogP contribution in [0.25, 0.3) is 6.08 Å². The van der Waals surface area contributed by atoms with Crippen LogP contribution >= 0.6 is 23.2 Å². The first kappa shape index (κ1) is 26.4. The Balaban J connectivity index is 1.09. The lowest BCUT2D eigenvalue weighted by Crippen LogP contribution is -2.48. The Morgan fingerprint density at radius 2 is 1.76 bits per heavy atom. The van der Waals surface area contributed by atoms with E-state index in [0.717, 1.165) is 62.1 Å². The summed E-state index contributed by atoms with van der Waals surface area (Å²) in [4.78, 5) is 16.6. The number of carbonyl (C=O) groups excluding carboxylic acids is 1. The number of aliphatic hydroxyl groups excluding tert-OH is 1. The number of nitrogens with zero attached hydrogens (tertiary/aromatic N) is 2. The highest BCUT2D eigenvalue weighted by atomic mass is 35.5. The number of nitrogens with one attached hydrogen (secondary N) is 1. The van der Waals surface area contributed by atoms with E-state index in [1.54, 1.807) is 4.90 Å². The zero-order valence-corrected chi connectivity index (χ0v) is 22.0. The van der Waals surface area contributed by atoms with Gasteiger partial charge >= 0.3 is 0 Å². The molecule has 2 saturated heterocycles. The van der Waals surface area contributed by atoms with Gasteiger partial charge in [-0.2, -0.15) is 0 Å². The van der Waals surface area contributed by atoms with E-state index in [2.05, 4.69) is 10.2 Å². The lowest BCUT2D eigenvalue weighted by atomic mass is 9.74. The molecule has 1 amide bonds. The molecular weight excluding hydrogens is 519 g/mol. The Morgan fingerprint density at radius 3 is 2.43 bits per heavy atom. The highest BCUT2D eigenvalue weighted by Gasteiger charge is 2.43. The third-order valence-electron chi connectivity index (χ3n) is 8.16. The zero-order chi connectivity index (χ0) is 26.2. The molecule has 0 aliphatic carbocycles. The van der Waals surface area contributed by atoms with E-state index in [0.29, 0.717) is 30.2 Å². The van der Waals surface area contributed by atoms with Crippen molar-refractivity contribution in [1.29, 1.82) is 0 Å². The molecule has 5 rings (SSSR count). The Labute approximate surface area is 226 Å². The molecule has 2 aromatic rings. The van der Waals surface area contributed by atoms with Crippen LogP contribution in [0.2, 0.25) is 10.0 Å². The van der Waals surface area contributed by atoms with E-state index in [1.807, 2.05) is 12.1 Å². The van der Waals surface area contributed by atoms with E-state index < -0.39 is 17.7 Å². The van der Waals surface area contributed by atoms with Gasteiger partial charge < -0.3 is 20.2 Å². The zero-order valence-electron chi connectivity index (χ0n) is 20.5. The number of benzene rings is 2. The minimum absolute atomic E-state index is 0.00889. The minimum atomic E-state index is -0.677. The van der Waals surface area contributed by atoms with Crippen LogP contribution in [0.1, 0.15) is 36.8 Å². The molecule has 5 nitrogen and oxygen atoms in total. The number of likely N-dealkylation sites (tertiary alicyclic amines) is 2. The van der Waals surface area contributed by atoms with Crippen molar-refractivity contribution in [2.75, 3.05) is 44.6 Å². The molecular formula is C28H31Cl2F2N3O2. The average Bonchev–Trinajstić information content (AvgIpc) is 3.21. The molecule has 37 heavy (non-hydrogen) atoms. The molecule has 0 aromatic heterocycles. The number of aliphatic hydroxyl groups is 1. The van der Waals surface area contributed by atoms with Gasteiger partial charge in [-0.25, -0.2) is 8.78 Å². The summed E-state index contributed by atoms with van der Waals surface area (Å²) in [5.74, 6) is -1.41. The molecule has 2 fully saturated rings. The highest BCUT2D eigenvalue weighted by Crippen LogP contribution is 2.48. The topological polar surface area (TPSA) is 55.8 Å². The number of amides is 1. The smallest absolute Gasteiger partial charge is 0.246 e. The summed E-state index contributed by atoms with van der Waals surface area (Å²) >= 11 is 12.8. The molecule has 0 bridgehead atoms. The standard InChI is InChI=1S/C28H31Cl2F2N3O2/c29-20-13-23(30)27-24(14-20)33-17-28(27)5-9-34(10-6-28)16-25(36)19-3-7-35(8-4-19)26(37)2-1-18-11-21(31)15-22(32)12-18/h1-2,11-15,19,25,33,36H,3-10,16-17H2/b2-1+/t25-/m1/s1. The van der Waals surface area contributed by atoms with Crippen LogP contribution in [0.3, 0.4) is 0 Å². The van der Waals surface area contributed by atoms with Crippen molar-refractivity contribution < 1.29 is 18.7 Å². The largest absolute Gasteiger partial charge is 0.392 e. The number of halogens is 4. The number of hydrogen-bond donors (Lipinski definition) is 2. The van der Waals surface area contributed by atoms with Gasteiger partial charge in [0.25, 0.3) is 0 Å². The van der Waals surface area contributed by atoms with Crippen LogP contribution in [0.15, 0.2) is 36.4 Å². The van der Waals surface area contributed by atoms with Gasteiger partial charge in [-0.15, -0.1) is 0 Å². The van der Waals surface area contributed by atoms with Crippen LogP contribution in [0.4, 0.5) is 14.5 Å². The van der Waals surface area contributed by atoms with Gasteiger partial charge in [0.05, 0.1) is 6.10 Å². The fraction of sp³-hybridized carbons (Fsp3) is 0.464. The number of anilines is 1. The summed E-state index contributed by atoms with van der Waals surface area (Å²) in [6.45, 7) is 4.35. The SMILES string of the molecule is O=C(/C=C/c1cc(F)cc(F)c1)N1CCC([C@H](O)CN2CCC3(CC2)CNc2cc(Cl)cc(Cl)c23)CC1. The lowest BCUT2D eigenvalue weighted by Gasteiger charge is -2.41. The predicted molar refractivity (Wildman–Crippen MR) is 143 cm³/mol. The third kappa shape index (κ3) is 5.80. The van der Waals surface area contributed by atoms with E-state index in [9.17, 15) is 18.7 Å². The fourth-order valence-electron chi connectivity index (χ4n) is 6.06. The van der Waals surface area contributed by atoms with Crippen molar-refractivity contribution >= 4 is 40.9 Å². The monoisotopic (exact) mass is 549 g/mol. The fourth-order valence-corrected chi connectivity index (χ4v) is 6.75. The average molecular weight is 550 g/mol. The number of rotatable bonds is 5. The summed E-state index contributed by atoms with van der Waals surface area (Å²) in [5, 5.41) is 15.8. The summed E-state index contributed by atoms with van der Waals surface area (Å²) in [6, 6.07) is 6.94. The van der Waals surface area contributed by atoms with Crippen LogP contribution < -0.4 is 5.32 Å². The molecule has 2 N–H and O–H groups in total. The number of carbonyl (C=O) groups is 1. The molecule has 3 aliphatic heterocycles. The number of β-amino-alcohol motifs (C(OH)–C–C–N with tert-alkyl or cyclic N) is 1. The van der Waals surface area contributed by atoms with E-state index in [1.165, 1.54) is 29.8 Å². The number of fused-ring (bicyclic) bond motifs is 2. The van der Waals surface area contributed by atoms with Crippen molar-refractivity contribution in [3.05, 3.63) is 69.2 Å². The molecule has 0 unspecified atom stereocenters. The summed E-state index contributed by atoms with van der Waals surface area (Å²) < 4.78 is 26.7. The molecule has 2 aromatic carbocycles. The van der Waals surface area contributed by atoms with Gasteiger partial charge in [0.15, 0.2) is 0 Å². The van der Waals surface area contributed by atoms with Gasteiger partial charge in [-0.1, -0.05) is 23.2 Å². The Hall–Kier alpha value is -2.19. The van der Waals surface area contributed by atoms with Crippen molar-refractivity contribution in [1.82, 2.24) is 9.80 Å². The van der Waals surface area contributed by atoms with Crippen LogP contribution in [-0.4, -0.2) is 66.2 Å². The first-order valence-electron chi connectivity index (χ1n) is 12.8. The van der Waals surface area contributed by atoms with Crippen LogP contribution in [0.5, 0.6) is 0 Å². The Morgan fingerprint density at radius 1 is 1.08 bits per heavy atom. The van der Waals surface area contributed by atoms with Crippen molar-refractivity contribution in [2.45, 2.75) is 37.2 Å². The van der Waals surface area contributed by atoms with Gasteiger partial charge in [0.1, 0.15) is 11.6 Å². The molecule has 3 aliphatic rings. The predicted octanol–water partition coefficient (Wildman–Crippen LogP) is 5.34. The van der Waals surface area contributed by atoms with Gasteiger partial charge in [0.2, 0.25) is 5.91 Å². The quantitative estimate of drug-likeness (QED) is 0.494. The maximum Gasteiger partial charge on any atom is 0.246 e. The Kier molecular flexibility index (Phi) is 7.78. The maximum absolute atomic E-state index is 13.4. The van der Waals surface area contributed by atoms with E-state index >= 15 is 0 Å². The first-order chi connectivity index (χ1) is 17.7. The second kappa shape index (κ2) is 10.9. The maximum atomic E-state index is 13.4. The minimum Gasteiger partial charge on any atom is -0.392 e. The summed E-state index contributed by atoms with van der Waals surface area (Å²) in [6.07, 6.45) is 5.71. The number of piperidine rings is 2. The van der Waals surface area contributed by atoms with Crippen LogP contribution in [0, 0.1) is 17.6 Å². The van der Waals surface area contributed by atoms with E-state index in [-0.39, 0.29) is 17.2 Å². The molecule has 3 heterocycles. The van der Waals surface area contributed by atoms with Gasteiger partial charge in [-0.3, -0.25) is 4.79 Å². The molecule has 0 saturated carbocycles. The first-order valence-corrected chi connectivity index (χ1v) is 13.5. The highest BCUT2D eigenvalue weighted by molar-refractivity contribution is 6.35. The van der Waals surface area contributed by atoms with Crippen molar-refractivity contribution in [3.63, 3.8) is 0 Å². The molecule has 1 atom stereocenters. The molecule has 0 radical (unpaired) electrons. The summed E-state index contributed by atoms with van der Waals surface area (Å²) in [5.41, 5.74) is 2.52. The third-order valence-corrected chi connectivity index (χ3v) is 8.68. The van der Waals surface area contributed by atoms with Gasteiger partial charge in [0, 0.05) is 65.0 Å².